The first-order chi connectivity index (χ1) is 14.0. The van der Waals surface area contributed by atoms with Crippen LogP contribution in [0.5, 0.6) is 0 Å². The monoisotopic (exact) mass is 433 g/mol. The summed E-state index contributed by atoms with van der Waals surface area (Å²) in [7, 11) is 1.30. The molecular formula is C16H27N5O9. The van der Waals surface area contributed by atoms with Gasteiger partial charge in [0.05, 0.1) is 25.3 Å². The second-order valence-electron chi connectivity index (χ2n) is 6.19. The van der Waals surface area contributed by atoms with Gasteiger partial charge in [-0.15, -0.1) is 0 Å². The van der Waals surface area contributed by atoms with E-state index in [1.165, 1.54) is 7.05 Å². The van der Waals surface area contributed by atoms with Crippen LogP contribution in [0.15, 0.2) is 0 Å². The van der Waals surface area contributed by atoms with Gasteiger partial charge in [-0.2, -0.15) is 0 Å². The van der Waals surface area contributed by atoms with Gasteiger partial charge in [0.2, 0.25) is 17.7 Å². The van der Waals surface area contributed by atoms with Crippen molar-refractivity contribution in [1.82, 2.24) is 21.3 Å². The molecule has 0 bridgehead atoms. The lowest BCUT2D eigenvalue weighted by Gasteiger charge is -2.23. The van der Waals surface area contributed by atoms with E-state index in [2.05, 4.69) is 21.3 Å². The number of carbonyl (C=O) groups is 6. The van der Waals surface area contributed by atoms with E-state index in [0.29, 0.717) is 6.42 Å². The molecule has 0 heterocycles. The van der Waals surface area contributed by atoms with Crippen LogP contribution in [0.25, 0.3) is 0 Å². The molecule has 0 radical (unpaired) electrons. The van der Waals surface area contributed by atoms with E-state index in [1.807, 2.05) is 0 Å². The Kier molecular flexibility index (Phi) is 12.3. The topological polar surface area (TPSA) is 237 Å². The van der Waals surface area contributed by atoms with E-state index in [-0.39, 0.29) is 13.1 Å². The number of nitrogens with one attached hydrogen (secondary N) is 4. The maximum atomic E-state index is 12.5. The summed E-state index contributed by atoms with van der Waals surface area (Å²) in [6, 6.07) is -4.45. The maximum absolute atomic E-state index is 12.5. The molecule has 0 aromatic heterocycles. The van der Waals surface area contributed by atoms with E-state index < -0.39 is 73.0 Å². The lowest BCUT2D eigenvalue weighted by molar-refractivity contribution is -0.143. The molecule has 0 saturated carbocycles. The minimum Gasteiger partial charge on any atom is -0.481 e. The molecule has 14 nitrogen and oxygen atoms in total. The number of carbonyl (C=O) groups excluding carboxylic acids is 3. The predicted octanol–water partition coefficient (Wildman–Crippen LogP) is -3.57. The van der Waals surface area contributed by atoms with E-state index in [9.17, 15) is 28.8 Å². The Morgan fingerprint density at radius 3 is 1.53 bits per heavy atom. The van der Waals surface area contributed by atoms with Gasteiger partial charge in [0.25, 0.3) is 0 Å². The first-order valence-corrected chi connectivity index (χ1v) is 8.92. The van der Waals surface area contributed by atoms with Crippen molar-refractivity contribution in [3.63, 3.8) is 0 Å². The third kappa shape index (κ3) is 10.9. The van der Waals surface area contributed by atoms with Crippen molar-refractivity contribution in [1.29, 1.82) is 0 Å². The molecule has 3 atom stereocenters. The third-order valence-electron chi connectivity index (χ3n) is 3.75. The molecule has 9 N–H and O–H groups in total. The number of nitrogens with two attached hydrogens (primary N) is 1. The molecule has 0 aliphatic rings. The van der Waals surface area contributed by atoms with Gasteiger partial charge in [-0.1, -0.05) is 0 Å². The minimum absolute atomic E-state index is 0.135. The summed E-state index contributed by atoms with van der Waals surface area (Å²) in [6.07, 6.45) is -1.89. The van der Waals surface area contributed by atoms with Crippen LogP contribution in [-0.4, -0.2) is 89.2 Å². The van der Waals surface area contributed by atoms with Crippen molar-refractivity contribution in [3.05, 3.63) is 0 Å². The zero-order chi connectivity index (χ0) is 23.3. The molecule has 0 saturated heterocycles. The summed E-state index contributed by atoms with van der Waals surface area (Å²) < 4.78 is 0. The number of carboxylic acids is 3. The normalized spacial score (nSPS) is 13.4. The molecule has 170 valence electrons. The molecule has 0 aromatic carbocycles. The van der Waals surface area contributed by atoms with Crippen LogP contribution in [-0.2, 0) is 28.8 Å². The highest BCUT2D eigenvalue weighted by Gasteiger charge is 2.31. The quantitative estimate of drug-likeness (QED) is 0.118. The number of rotatable bonds is 15. The fraction of sp³-hybridized carbons (Fsp3) is 0.625. The Morgan fingerprint density at radius 2 is 1.13 bits per heavy atom. The van der Waals surface area contributed by atoms with Crippen LogP contribution >= 0.6 is 0 Å². The number of hydrogen-bond donors (Lipinski definition) is 8. The van der Waals surface area contributed by atoms with Gasteiger partial charge in [-0.25, -0.2) is 0 Å². The highest BCUT2D eigenvalue weighted by Crippen LogP contribution is 2.01. The second kappa shape index (κ2) is 13.8. The van der Waals surface area contributed by atoms with Crippen molar-refractivity contribution in [2.75, 3.05) is 20.1 Å². The van der Waals surface area contributed by atoms with E-state index in [4.69, 9.17) is 21.1 Å². The van der Waals surface area contributed by atoms with Crippen LogP contribution in [0, 0.1) is 0 Å². The first-order valence-electron chi connectivity index (χ1n) is 8.92. The molecule has 0 aliphatic carbocycles. The van der Waals surface area contributed by atoms with Crippen molar-refractivity contribution in [2.45, 2.75) is 43.8 Å². The zero-order valence-electron chi connectivity index (χ0n) is 16.3. The molecule has 14 heteroatoms. The number of hydrogen-bond acceptors (Lipinski definition) is 8. The predicted molar refractivity (Wildman–Crippen MR) is 100 cm³/mol. The smallest absolute Gasteiger partial charge is 0.305 e. The van der Waals surface area contributed by atoms with Crippen molar-refractivity contribution in [2.24, 2.45) is 5.73 Å². The zero-order valence-corrected chi connectivity index (χ0v) is 16.3. The fourth-order valence-corrected chi connectivity index (χ4v) is 2.25. The Morgan fingerprint density at radius 1 is 0.733 bits per heavy atom. The highest BCUT2D eigenvalue weighted by atomic mass is 16.4. The molecule has 3 unspecified atom stereocenters. The van der Waals surface area contributed by atoms with Crippen LogP contribution in [0.4, 0.5) is 0 Å². The average molecular weight is 433 g/mol. The largest absolute Gasteiger partial charge is 0.481 e. The number of aliphatic carboxylic acids is 3. The summed E-state index contributed by atoms with van der Waals surface area (Å²) in [5.74, 6) is -7.06. The van der Waals surface area contributed by atoms with Crippen LogP contribution in [0.3, 0.4) is 0 Å². The summed E-state index contributed by atoms with van der Waals surface area (Å²) in [6.45, 7) is 0.404. The van der Waals surface area contributed by atoms with E-state index in [1.54, 1.807) is 0 Å². The molecule has 0 rings (SSSR count). The second-order valence-corrected chi connectivity index (χ2v) is 6.19. The molecule has 3 amide bonds. The Labute approximate surface area is 171 Å². The maximum Gasteiger partial charge on any atom is 0.305 e. The van der Waals surface area contributed by atoms with E-state index in [0.717, 1.165) is 0 Å². The molecule has 0 aliphatic heterocycles. The summed E-state index contributed by atoms with van der Waals surface area (Å²) in [5.41, 5.74) is 5.30. The number of carboxylic acid groups (broad SMARTS) is 3. The van der Waals surface area contributed by atoms with Gasteiger partial charge in [0, 0.05) is 6.54 Å². The molecule has 30 heavy (non-hydrogen) atoms. The molecule has 0 fully saturated rings. The Bertz CT molecular complexity index is 655. The van der Waals surface area contributed by atoms with Gasteiger partial charge < -0.3 is 42.3 Å². The van der Waals surface area contributed by atoms with Gasteiger partial charge in [0.15, 0.2) is 0 Å². The summed E-state index contributed by atoms with van der Waals surface area (Å²) in [5, 5.41) is 35.8. The van der Waals surface area contributed by atoms with Gasteiger partial charge in [0.1, 0.15) is 12.1 Å². The Hall–Kier alpha value is -3.26. The van der Waals surface area contributed by atoms with Crippen LogP contribution < -0.4 is 27.0 Å². The average Bonchev–Trinajstić information content (AvgIpc) is 2.63. The van der Waals surface area contributed by atoms with Crippen molar-refractivity contribution >= 4 is 35.6 Å². The minimum atomic E-state index is -1.67. The SMILES string of the molecule is CNC(CC(=O)O)C(=O)NC(CC(=O)O)C(=O)NC(CC(=O)O)C(=O)NCCCN. The summed E-state index contributed by atoms with van der Waals surface area (Å²) in [4.78, 5) is 69.6. The summed E-state index contributed by atoms with van der Waals surface area (Å²) >= 11 is 0. The highest BCUT2D eigenvalue weighted by molar-refractivity contribution is 5.96. The lowest BCUT2D eigenvalue weighted by Crippen LogP contribution is -2.57. The molecule has 0 aromatic rings. The van der Waals surface area contributed by atoms with Gasteiger partial charge in [-0.3, -0.25) is 28.8 Å². The standard InChI is InChI=1S/C16H27N5O9/c1-18-8(5-11(22)23)15(29)21-10(7-13(26)27)16(30)20-9(6-12(24)25)14(28)19-4-2-3-17/h8-10,18H,2-7,17H2,1H3,(H,19,28)(H,20,30)(H,21,29)(H,22,23)(H,24,25)(H,26,27). The van der Waals surface area contributed by atoms with E-state index >= 15 is 0 Å². The first kappa shape index (κ1) is 26.7. The molecular weight excluding hydrogens is 406 g/mol. The number of amides is 3. The van der Waals surface area contributed by atoms with Crippen molar-refractivity contribution in [3.8, 4) is 0 Å². The van der Waals surface area contributed by atoms with Crippen LogP contribution in [0.2, 0.25) is 0 Å². The van der Waals surface area contributed by atoms with Gasteiger partial charge >= 0.3 is 17.9 Å². The fourth-order valence-electron chi connectivity index (χ4n) is 2.25. The molecule has 0 spiro atoms. The third-order valence-corrected chi connectivity index (χ3v) is 3.75. The lowest BCUT2D eigenvalue weighted by atomic mass is 10.1. The van der Waals surface area contributed by atoms with Crippen molar-refractivity contribution < 1.29 is 44.1 Å². The Balaban J connectivity index is 5.33. The number of likely N-dealkylation sites (N-methyl/N-ethyl adjacent to an activating group) is 1. The van der Waals surface area contributed by atoms with Crippen LogP contribution in [0.1, 0.15) is 25.7 Å². The van der Waals surface area contributed by atoms with Gasteiger partial charge in [-0.05, 0) is 20.0 Å².